The molecule has 12 rings (SSSR count). The molecule has 0 fully saturated rings. The Balaban J connectivity index is 1.02. The van der Waals surface area contributed by atoms with E-state index in [0.29, 0.717) is 17.5 Å². The SMILES string of the molecule is C1=CC2C(c3ccccc3N2c2ccccc2)c2c1oc1cc(-c3nc(-c4cccc(-c5ccccc5)c4)nc(-c4cccc5sc6ccccc6c45)n3)ccc21. The van der Waals surface area contributed by atoms with Gasteiger partial charge in [-0.3, -0.25) is 0 Å². The molecule has 0 radical (unpaired) electrons. The van der Waals surface area contributed by atoms with E-state index in [1.165, 1.54) is 37.3 Å². The standard InChI is InChI=1S/C51H32N4OS/c1-3-13-31(14-4-1)32-15-11-16-33(29-32)49-52-50(54-51(53-49)39-21-12-24-45-46(39)38-20-8-10-23-44(38)57-45)34-25-26-37-43(30-34)56-42-28-27-41-47(48(37)42)36-19-7-9-22-40(36)55(41)35-17-5-2-6-18-35/h1-30,41,47H. The van der Waals surface area contributed by atoms with Gasteiger partial charge in [-0.2, -0.15) is 0 Å². The summed E-state index contributed by atoms with van der Waals surface area (Å²) in [7, 11) is 0. The number of fused-ring (bicyclic) bond motifs is 10. The molecular weight excluding hydrogens is 717 g/mol. The second-order valence-corrected chi connectivity index (χ2v) is 15.8. The molecule has 57 heavy (non-hydrogen) atoms. The summed E-state index contributed by atoms with van der Waals surface area (Å²) < 4.78 is 9.18. The lowest BCUT2D eigenvalue weighted by atomic mass is 9.82. The van der Waals surface area contributed by atoms with Crippen LogP contribution in [0.25, 0.3) is 82.5 Å². The summed E-state index contributed by atoms with van der Waals surface area (Å²) in [5.74, 6) is 2.89. The molecule has 0 saturated carbocycles. The van der Waals surface area contributed by atoms with Gasteiger partial charge in [0.1, 0.15) is 11.3 Å². The first-order valence-corrected chi connectivity index (χ1v) is 20.1. The fourth-order valence-corrected chi connectivity index (χ4v) is 10.1. The summed E-state index contributed by atoms with van der Waals surface area (Å²) in [6.07, 6.45) is 4.45. The van der Waals surface area contributed by atoms with E-state index >= 15 is 0 Å². The van der Waals surface area contributed by atoms with Crippen molar-refractivity contribution in [3.8, 4) is 45.3 Å². The van der Waals surface area contributed by atoms with E-state index in [1.54, 1.807) is 11.3 Å². The van der Waals surface area contributed by atoms with Crippen LogP contribution < -0.4 is 4.90 Å². The highest BCUT2D eigenvalue weighted by molar-refractivity contribution is 7.25. The van der Waals surface area contributed by atoms with E-state index in [0.717, 1.165) is 49.9 Å². The summed E-state index contributed by atoms with van der Waals surface area (Å²) in [6, 6.07) is 59.9. The van der Waals surface area contributed by atoms with Gasteiger partial charge in [-0.25, -0.2) is 15.0 Å². The Hall–Kier alpha value is -7.15. The predicted octanol–water partition coefficient (Wildman–Crippen LogP) is 13.3. The van der Waals surface area contributed by atoms with E-state index in [4.69, 9.17) is 19.4 Å². The van der Waals surface area contributed by atoms with Gasteiger partial charge >= 0.3 is 0 Å². The molecular formula is C51H32N4OS. The highest BCUT2D eigenvalue weighted by atomic mass is 32.1. The maximum Gasteiger partial charge on any atom is 0.164 e. The molecule has 0 N–H and O–H groups in total. The third-order valence-corrected chi connectivity index (χ3v) is 12.6. The summed E-state index contributed by atoms with van der Waals surface area (Å²) in [5, 5.41) is 3.48. The zero-order valence-electron chi connectivity index (χ0n) is 30.6. The third kappa shape index (κ3) is 5.11. The molecule has 2 aliphatic rings. The molecule has 4 heterocycles. The van der Waals surface area contributed by atoms with Crippen LogP contribution in [0.4, 0.5) is 11.4 Å². The number of para-hydroxylation sites is 2. The lowest BCUT2D eigenvalue weighted by Gasteiger charge is -2.30. The van der Waals surface area contributed by atoms with Crippen LogP contribution in [0.1, 0.15) is 22.8 Å². The molecule has 268 valence electrons. The van der Waals surface area contributed by atoms with Crippen LogP contribution in [0.15, 0.2) is 180 Å². The Bertz CT molecular complexity index is 3220. The Kier molecular flexibility index (Phi) is 7.16. The first kappa shape index (κ1) is 32.1. The molecule has 0 saturated heterocycles. The van der Waals surface area contributed by atoms with Gasteiger partial charge in [0, 0.05) is 65.1 Å². The van der Waals surface area contributed by atoms with Gasteiger partial charge in [0.25, 0.3) is 0 Å². The average Bonchev–Trinajstić information content (AvgIpc) is 3.96. The lowest BCUT2D eigenvalue weighted by Crippen LogP contribution is -2.30. The molecule has 5 nitrogen and oxygen atoms in total. The first-order valence-electron chi connectivity index (χ1n) is 19.3. The number of aromatic nitrogens is 3. The molecule has 2 atom stereocenters. The molecule has 0 bridgehead atoms. The highest BCUT2D eigenvalue weighted by Gasteiger charge is 2.43. The minimum absolute atomic E-state index is 0.127. The number of thiophene rings is 1. The fourth-order valence-electron chi connectivity index (χ4n) is 8.98. The van der Waals surface area contributed by atoms with Crippen molar-refractivity contribution in [2.45, 2.75) is 12.0 Å². The van der Waals surface area contributed by atoms with E-state index in [-0.39, 0.29) is 12.0 Å². The van der Waals surface area contributed by atoms with Gasteiger partial charge in [-0.05, 0) is 65.2 Å². The maximum absolute atomic E-state index is 6.73. The van der Waals surface area contributed by atoms with Gasteiger partial charge in [-0.1, -0.05) is 133 Å². The third-order valence-electron chi connectivity index (χ3n) is 11.5. The van der Waals surface area contributed by atoms with Gasteiger partial charge in [-0.15, -0.1) is 11.3 Å². The smallest absolute Gasteiger partial charge is 0.164 e. The number of rotatable bonds is 5. The Morgan fingerprint density at radius 1 is 0.526 bits per heavy atom. The zero-order chi connectivity index (χ0) is 37.5. The van der Waals surface area contributed by atoms with Crippen LogP contribution in [0.5, 0.6) is 0 Å². The topological polar surface area (TPSA) is 55.1 Å². The van der Waals surface area contributed by atoms with Crippen molar-refractivity contribution < 1.29 is 4.42 Å². The van der Waals surface area contributed by atoms with Crippen molar-refractivity contribution in [2.75, 3.05) is 4.90 Å². The normalized spacial score (nSPS) is 15.6. The van der Waals surface area contributed by atoms with E-state index in [2.05, 4.69) is 181 Å². The minimum atomic E-state index is 0.127. The van der Waals surface area contributed by atoms with Crippen LogP contribution in [-0.2, 0) is 0 Å². The summed E-state index contributed by atoms with van der Waals surface area (Å²) in [6.45, 7) is 0. The van der Waals surface area contributed by atoms with E-state index in [1.807, 2.05) is 6.07 Å². The molecule has 6 heteroatoms. The number of furan rings is 1. The number of benzene rings is 7. The average molecular weight is 749 g/mol. The van der Waals surface area contributed by atoms with Crippen molar-refractivity contribution in [2.24, 2.45) is 0 Å². The first-order chi connectivity index (χ1) is 28.2. The summed E-state index contributed by atoms with van der Waals surface area (Å²) >= 11 is 1.79. The van der Waals surface area contributed by atoms with Gasteiger partial charge in [0.15, 0.2) is 17.5 Å². The fraction of sp³-hybridized carbons (Fsp3) is 0.0392. The summed E-state index contributed by atoms with van der Waals surface area (Å²) in [4.78, 5) is 18.1. The zero-order valence-corrected chi connectivity index (χ0v) is 31.4. The lowest BCUT2D eigenvalue weighted by molar-refractivity contribution is 0.584. The Morgan fingerprint density at radius 3 is 2.09 bits per heavy atom. The van der Waals surface area contributed by atoms with Crippen LogP contribution >= 0.6 is 11.3 Å². The van der Waals surface area contributed by atoms with Crippen molar-refractivity contribution in [1.29, 1.82) is 0 Å². The van der Waals surface area contributed by atoms with Crippen LogP contribution in [0, 0.1) is 0 Å². The molecule has 1 aliphatic heterocycles. The van der Waals surface area contributed by atoms with Crippen LogP contribution in [0.3, 0.4) is 0 Å². The van der Waals surface area contributed by atoms with E-state index in [9.17, 15) is 0 Å². The maximum atomic E-state index is 6.73. The largest absolute Gasteiger partial charge is 0.456 e. The summed E-state index contributed by atoms with van der Waals surface area (Å²) in [5.41, 5.74) is 10.8. The van der Waals surface area contributed by atoms with Crippen molar-refractivity contribution in [3.05, 3.63) is 193 Å². The molecule has 3 aromatic heterocycles. The Labute approximate surface area is 332 Å². The van der Waals surface area contributed by atoms with E-state index < -0.39 is 0 Å². The number of hydrogen-bond acceptors (Lipinski definition) is 6. The van der Waals surface area contributed by atoms with Crippen molar-refractivity contribution >= 4 is 59.9 Å². The highest BCUT2D eigenvalue weighted by Crippen LogP contribution is 2.53. The second kappa shape index (κ2) is 12.7. The van der Waals surface area contributed by atoms with Crippen molar-refractivity contribution in [3.63, 3.8) is 0 Å². The number of hydrogen-bond donors (Lipinski definition) is 0. The van der Waals surface area contributed by atoms with Gasteiger partial charge in [0.2, 0.25) is 0 Å². The molecule has 0 amide bonds. The van der Waals surface area contributed by atoms with Crippen LogP contribution in [-0.4, -0.2) is 21.0 Å². The monoisotopic (exact) mass is 748 g/mol. The molecule has 2 unspecified atom stereocenters. The van der Waals surface area contributed by atoms with Crippen molar-refractivity contribution in [1.82, 2.24) is 15.0 Å². The predicted molar refractivity (Wildman–Crippen MR) is 234 cm³/mol. The van der Waals surface area contributed by atoms with Gasteiger partial charge in [0.05, 0.1) is 6.04 Å². The van der Waals surface area contributed by atoms with Crippen LogP contribution in [0.2, 0.25) is 0 Å². The minimum Gasteiger partial charge on any atom is -0.456 e. The number of anilines is 2. The van der Waals surface area contributed by atoms with Gasteiger partial charge < -0.3 is 9.32 Å². The Morgan fingerprint density at radius 2 is 1.21 bits per heavy atom. The number of nitrogens with zero attached hydrogens (tertiary/aromatic N) is 4. The molecule has 10 aromatic rings. The molecule has 7 aromatic carbocycles. The quantitative estimate of drug-likeness (QED) is 0.175. The molecule has 1 aliphatic carbocycles. The molecule has 0 spiro atoms. The second-order valence-electron chi connectivity index (χ2n) is 14.7.